The maximum Gasteiger partial charge on any atom is 0.305 e. The largest absolute Gasteiger partial charge is 0.493 e. The Bertz CT molecular complexity index is 1980. The average Bonchev–Trinajstić information content (AvgIpc) is 3.80. The highest BCUT2D eigenvalue weighted by Crippen LogP contribution is 2.68. The van der Waals surface area contributed by atoms with Gasteiger partial charge < -0.3 is 19.8 Å². The summed E-state index contributed by atoms with van der Waals surface area (Å²) in [5, 5.41) is 4.25. The van der Waals surface area contributed by atoms with E-state index in [4.69, 9.17) is 21.1 Å². The molecule has 12 heteroatoms. The van der Waals surface area contributed by atoms with Crippen LogP contribution in [0, 0.1) is 36.5 Å². The zero-order valence-electron chi connectivity index (χ0n) is 25.4. The van der Waals surface area contributed by atoms with Gasteiger partial charge in [-0.05, 0) is 85.2 Å². The number of carbonyl (C=O) groups excluding carboxylic acids is 3. The summed E-state index contributed by atoms with van der Waals surface area (Å²) >= 11 is 8.93. The van der Waals surface area contributed by atoms with Crippen LogP contribution in [0.15, 0.2) is 76.6 Å². The minimum atomic E-state index is -0.415. The van der Waals surface area contributed by atoms with Gasteiger partial charge in [0.1, 0.15) is 0 Å². The molecule has 2 saturated carbocycles. The van der Waals surface area contributed by atoms with Crippen molar-refractivity contribution >= 4 is 63.8 Å². The molecule has 2 N–H and O–H groups in total. The molecule has 9 nitrogen and oxygen atoms in total. The summed E-state index contributed by atoms with van der Waals surface area (Å²) in [5.74, 6) is -0.700. The van der Waals surface area contributed by atoms with Crippen molar-refractivity contribution in [2.75, 3.05) is 23.9 Å². The molecular weight excluding hydrogens is 658 g/mol. The maximum absolute atomic E-state index is 14.0. The van der Waals surface area contributed by atoms with Crippen molar-refractivity contribution in [3.8, 4) is 11.5 Å². The van der Waals surface area contributed by atoms with Crippen LogP contribution in [0.3, 0.4) is 0 Å². The summed E-state index contributed by atoms with van der Waals surface area (Å²) < 4.78 is 11.6. The fourth-order valence-electron chi connectivity index (χ4n) is 8.21. The number of aromatic nitrogens is 1. The number of rotatable bonds is 7. The minimum Gasteiger partial charge on any atom is -0.493 e. The van der Waals surface area contributed by atoms with E-state index in [9.17, 15) is 19.2 Å². The molecule has 4 unspecified atom stereocenters. The van der Waals surface area contributed by atoms with Gasteiger partial charge in [0.15, 0.2) is 18.1 Å². The highest BCUT2D eigenvalue weighted by atomic mass is 35.5. The molecule has 3 amide bonds. The van der Waals surface area contributed by atoms with Crippen molar-refractivity contribution in [2.24, 2.45) is 29.6 Å². The molecular formula is C35H30ClN3O6S2. The third-order valence-electron chi connectivity index (χ3n) is 10.0. The molecule has 3 aromatic carbocycles. The van der Waals surface area contributed by atoms with Gasteiger partial charge in [-0.3, -0.25) is 24.1 Å². The normalized spacial score (nSPS) is 27.0. The van der Waals surface area contributed by atoms with Crippen molar-refractivity contribution in [1.29, 1.82) is 0 Å². The van der Waals surface area contributed by atoms with Crippen molar-refractivity contribution in [2.45, 2.75) is 29.5 Å². The Kier molecular flexibility index (Phi) is 7.46. The molecule has 3 fully saturated rings. The third kappa shape index (κ3) is 4.98. The predicted molar refractivity (Wildman–Crippen MR) is 181 cm³/mol. The summed E-state index contributed by atoms with van der Waals surface area (Å²) in [7, 11) is 1.55. The molecule has 3 heterocycles. The van der Waals surface area contributed by atoms with E-state index in [1.165, 1.54) is 16.2 Å². The van der Waals surface area contributed by atoms with Crippen LogP contribution < -0.4 is 24.6 Å². The second-order valence-corrected chi connectivity index (χ2v) is 15.2. The second kappa shape index (κ2) is 11.6. The first-order valence-corrected chi connectivity index (χ1v) is 17.5. The molecule has 4 aliphatic rings. The fraction of sp³-hybridized carbons (Fsp3) is 0.314. The summed E-state index contributed by atoms with van der Waals surface area (Å²) in [4.78, 5) is 58.3. The molecule has 0 spiro atoms. The van der Waals surface area contributed by atoms with E-state index >= 15 is 0 Å². The molecule has 1 aromatic heterocycles. The van der Waals surface area contributed by atoms with Crippen LogP contribution >= 0.6 is 34.7 Å². The Balaban J connectivity index is 1.09. The third-order valence-corrected chi connectivity index (χ3v) is 12.9. The number of benzene rings is 3. The van der Waals surface area contributed by atoms with Gasteiger partial charge in [-0.25, -0.2) is 0 Å². The number of H-pyrrole nitrogens is 1. The van der Waals surface area contributed by atoms with E-state index in [2.05, 4.69) is 10.3 Å². The van der Waals surface area contributed by atoms with Gasteiger partial charge in [-0.15, -0.1) is 11.8 Å². The zero-order valence-corrected chi connectivity index (χ0v) is 27.8. The number of anilines is 2. The number of imide groups is 1. The molecule has 47 heavy (non-hydrogen) atoms. The second-order valence-electron chi connectivity index (χ2n) is 12.6. The van der Waals surface area contributed by atoms with Crippen molar-refractivity contribution < 1.29 is 23.9 Å². The van der Waals surface area contributed by atoms with Gasteiger partial charge >= 0.3 is 4.87 Å². The van der Waals surface area contributed by atoms with Gasteiger partial charge in [-0.1, -0.05) is 46.7 Å². The van der Waals surface area contributed by atoms with Crippen molar-refractivity contribution in [1.82, 2.24) is 4.98 Å². The summed E-state index contributed by atoms with van der Waals surface area (Å²) in [6.07, 6.45) is 0.785. The van der Waals surface area contributed by atoms with Crippen molar-refractivity contribution in [3.63, 3.8) is 0 Å². The Morgan fingerprint density at radius 3 is 2.43 bits per heavy atom. The molecule has 240 valence electrons. The SMILES string of the molecule is COc1cc([C@H]2c3sc(=O)[nH]c3SC3C2[C@H]2C[C@@H]3C3C(=O)N(c4ccc(Cl)cc4)C(=O)C32)ccc1OCC(=O)Nc1ccc(C)cc1. The van der Waals surface area contributed by atoms with E-state index < -0.39 is 5.92 Å². The Morgan fingerprint density at radius 1 is 0.979 bits per heavy atom. The number of aromatic amines is 1. The van der Waals surface area contributed by atoms with Crippen LogP contribution in [-0.2, 0) is 14.4 Å². The number of ether oxygens (including phenoxy) is 2. The fourth-order valence-corrected chi connectivity index (χ4v) is 11.2. The number of carbonyl (C=O) groups is 3. The number of halogens is 1. The highest BCUT2D eigenvalue weighted by Gasteiger charge is 2.69. The molecule has 0 radical (unpaired) electrons. The van der Waals surface area contributed by atoms with E-state index in [-0.39, 0.29) is 64.0 Å². The summed E-state index contributed by atoms with van der Waals surface area (Å²) in [6, 6.07) is 20.0. The Labute approximate surface area is 283 Å². The highest BCUT2D eigenvalue weighted by molar-refractivity contribution is 8.00. The number of thioether (sulfide) groups is 1. The van der Waals surface area contributed by atoms with Crippen LogP contribution in [0.25, 0.3) is 0 Å². The van der Waals surface area contributed by atoms with Crippen LogP contribution in [0.2, 0.25) is 5.02 Å². The first kappa shape index (κ1) is 30.3. The molecule has 2 aliphatic heterocycles. The van der Waals surface area contributed by atoms with Crippen LogP contribution in [-0.4, -0.2) is 41.7 Å². The zero-order chi connectivity index (χ0) is 32.6. The minimum absolute atomic E-state index is 0.00402. The molecule has 2 bridgehead atoms. The quantitative estimate of drug-likeness (QED) is 0.226. The summed E-state index contributed by atoms with van der Waals surface area (Å²) in [5.41, 5.74) is 3.26. The number of methoxy groups -OCH3 is 1. The van der Waals surface area contributed by atoms with Gasteiger partial charge in [-0.2, -0.15) is 0 Å². The molecule has 4 aromatic rings. The monoisotopic (exact) mass is 687 g/mol. The number of nitrogens with one attached hydrogen (secondary N) is 2. The Morgan fingerprint density at radius 2 is 1.70 bits per heavy atom. The van der Waals surface area contributed by atoms with Gasteiger partial charge in [0.25, 0.3) is 5.91 Å². The Hall–Kier alpha value is -4.06. The number of thiazole rings is 1. The first-order valence-electron chi connectivity index (χ1n) is 15.4. The van der Waals surface area contributed by atoms with E-state index in [0.29, 0.717) is 27.9 Å². The maximum atomic E-state index is 14.0. The lowest BCUT2D eigenvalue weighted by Crippen LogP contribution is -2.42. The lowest BCUT2D eigenvalue weighted by Gasteiger charge is -2.43. The first-order chi connectivity index (χ1) is 22.7. The number of amides is 3. The van der Waals surface area contributed by atoms with Gasteiger partial charge in [0.2, 0.25) is 11.8 Å². The lowest BCUT2D eigenvalue weighted by molar-refractivity contribution is -0.123. The predicted octanol–water partition coefficient (Wildman–Crippen LogP) is 6.10. The van der Waals surface area contributed by atoms with E-state index in [0.717, 1.165) is 27.5 Å². The molecule has 2 aliphatic carbocycles. The van der Waals surface area contributed by atoms with Crippen molar-refractivity contribution in [3.05, 3.63) is 97.4 Å². The van der Waals surface area contributed by atoms with E-state index in [1.54, 1.807) is 49.2 Å². The lowest BCUT2D eigenvalue weighted by atomic mass is 9.68. The van der Waals surface area contributed by atoms with Crippen LogP contribution in [0.4, 0.5) is 11.4 Å². The number of hydrogen-bond donors (Lipinski definition) is 2. The molecule has 8 rings (SSSR count). The smallest absolute Gasteiger partial charge is 0.305 e. The summed E-state index contributed by atoms with van der Waals surface area (Å²) in [6.45, 7) is 1.78. The average molecular weight is 688 g/mol. The van der Waals surface area contributed by atoms with Gasteiger partial charge in [0, 0.05) is 26.8 Å². The number of fused-ring (bicyclic) bond motifs is 9. The van der Waals surface area contributed by atoms with Gasteiger partial charge in [0.05, 0.1) is 29.7 Å². The number of nitrogens with zero attached hydrogens (tertiary/aromatic N) is 1. The number of hydrogen-bond acceptors (Lipinski definition) is 8. The van der Waals surface area contributed by atoms with E-state index in [1.807, 2.05) is 43.3 Å². The van der Waals surface area contributed by atoms with Crippen LogP contribution in [0.5, 0.6) is 11.5 Å². The standard InChI is InChI=1S/C35H30ClN3O6S2/c1-16-3-8-19(9-4-16)37-25(40)15-45-23-12-5-17(13-24(23)44-2)26-27-21-14-22(30(27)46-32-31(26)47-35(43)38-32)29-28(21)33(41)39(34(29)42)20-10-6-18(36)7-11-20/h3-13,21-22,26-30H,14-15H2,1-2H3,(H,37,40)(H,38,43)/t21-,22-,26-,27?,28?,29?,30?/m1/s1. The molecule has 1 saturated heterocycles. The van der Waals surface area contributed by atoms with Crippen LogP contribution in [0.1, 0.15) is 28.3 Å². The molecule has 7 atom stereocenters. The number of aryl methyl sites for hydroxylation is 1. The topological polar surface area (TPSA) is 118 Å².